The molecule has 12 heteroatoms. The van der Waals surface area contributed by atoms with Crippen molar-refractivity contribution < 1.29 is 40.6 Å². The highest BCUT2D eigenvalue weighted by molar-refractivity contribution is 7.89. The lowest BCUT2D eigenvalue weighted by atomic mass is 10.2. The van der Waals surface area contributed by atoms with Gasteiger partial charge >= 0.3 is 0 Å². The number of aliphatic hydroxyl groups excluding tert-OH is 1. The van der Waals surface area contributed by atoms with Gasteiger partial charge in [0.1, 0.15) is 10.7 Å². The van der Waals surface area contributed by atoms with E-state index >= 15 is 0 Å². The third-order valence-corrected chi connectivity index (χ3v) is 6.43. The third kappa shape index (κ3) is 5.21. The molecule has 0 radical (unpaired) electrons. The fraction of sp³-hybridized carbons (Fsp3) is 0.316. The molecule has 1 amide bonds. The van der Waals surface area contributed by atoms with E-state index in [-0.39, 0.29) is 38.3 Å². The predicted octanol–water partition coefficient (Wildman–Crippen LogP) is 2.27. The largest absolute Gasteiger partial charge is 0.392 e. The summed E-state index contributed by atoms with van der Waals surface area (Å²) >= 11 is 0. The Morgan fingerprint density at radius 2 is 1.74 bits per heavy atom. The fourth-order valence-electron chi connectivity index (χ4n) is 2.94. The average Bonchev–Trinajstić information content (AvgIpc) is 2.68. The average molecular weight is 462 g/mol. The normalized spacial score (nSPS) is 18.3. The summed E-state index contributed by atoms with van der Waals surface area (Å²) in [7, 11) is -4.44. The molecule has 31 heavy (non-hydrogen) atoms. The molecule has 3 rings (SSSR count). The third-order valence-electron chi connectivity index (χ3n) is 4.55. The van der Waals surface area contributed by atoms with Crippen LogP contribution in [0.1, 0.15) is 16.8 Å². The first-order valence-corrected chi connectivity index (χ1v) is 10.5. The Morgan fingerprint density at radius 1 is 1.06 bits per heavy atom. The second-order valence-corrected chi connectivity index (χ2v) is 8.68. The van der Waals surface area contributed by atoms with Gasteiger partial charge in [0.25, 0.3) is 5.91 Å². The Kier molecular flexibility index (Phi) is 6.94. The molecule has 0 aromatic heterocycles. The first kappa shape index (κ1) is 23.1. The van der Waals surface area contributed by atoms with Crippen LogP contribution in [0.25, 0.3) is 0 Å². The van der Waals surface area contributed by atoms with Gasteiger partial charge < -0.3 is 15.2 Å². The summed E-state index contributed by atoms with van der Waals surface area (Å²) in [6.07, 6.45) is -0.824. The number of nitrogens with one attached hydrogen (secondary N) is 1. The maximum atomic E-state index is 14.4. The van der Waals surface area contributed by atoms with Crippen molar-refractivity contribution in [2.24, 2.45) is 0 Å². The first-order valence-electron chi connectivity index (χ1n) is 9.11. The van der Waals surface area contributed by atoms with Crippen molar-refractivity contribution >= 4 is 21.6 Å². The van der Waals surface area contributed by atoms with Gasteiger partial charge in [-0.2, -0.15) is 4.31 Å². The zero-order valence-corrected chi connectivity index (χ0v) is 16.8. The van der Waals surface area contributed by atoms with Gasteiger partial charge in [0.2, 0.25) is 10.0 Å². The van der Waals surface area contributed by atoms with E-state index < -0.39 is 55.9 Å². The Balaban J connectivity index is 1.89. The molecule has 7 nitrogen and oxygen atoms in total. The van der Waals surface area contributed by atoms with Crippen LogP contribution in [0.4, 0.5) is 23.2 Å². The topological polar surface area (TPSA) is 95.9 Å². The van der Waals surface area contributed by atoms with E-state index in [9.17, 15) is 35.9 Å². The van der Waals surface area contributed by atoms with Gasteiger partial charge in [-0.3, -0.25) is 4.79 Å². The number of β-amino-alcohol motifs (C(OH)–C–C–N with tert-alkyl or cyclic N) is 1. The standard InChI is InChI=1S/C19H18F4N2O5S/c20-14-2-1-11(19(27)24-12-8-15(21)18(23)16(22)9-12)7-17(14)31(28,29)25-4-6-30-5-3-13(26)10-25/h1-2,7-9,13,26H,3-6,10H2,(H,24,27)/t13-/m0/s1. The Labute approximate surface area is 175 Å². The van der Waals surface area contributed by atoms with Gasteiger partial charge in [-0.1, -0.05) is 0 Å². The fourth-order valence-corrected chi connectivity index (χ4v) is 4.49. The van der Waals surface area contributed by atoms with E-state index in [1.807, 2.05) is 0 Å². The number of carbonyl (C=O) groups excluding carboxylic acids is 1. The highest BCUT2D eigenvalue weighted by atomic mass is 32.2. The number of rotatable bonds is 4. The molecule has 168 valence electrons. The van der Waals surface area contributed by atoms with Crippen LogP contribution in [0.2, 0.25) is 0 Å². The second-order valence-electron chi connectivity index (χ2n) is 6.77. The number of benzene rings is 2. The quantitative estimate of drug-likeness (QED) is 0.537. The minimum absolute atomic E-state index is 0.0371. The molecule has 2 aromatic rings. The van der Waals surface area contributed by atoms with E-state index in [1.165, 1.54) is 0 Å². The number of anilines is 1. The van der Waals surface area contributed by atoms with Gasteiger partial charge in [0.05, 0.1) is 12.7 Å². The van der Waals surface area contributed by atoms with Crippen LogP contribution in [-0.2, 0) is 14.8 Å². The molecule has 1 aliphatic heterocycles. The lowest BCUT2D eigenvalue weighted by Crippen LogP contribution is -2.42. The van der Waals surface area contributed by atoms with Crippen LogP contribution in [-0.4, -0.2) is 56.1 Å². The summed E-state index contributed by atoms with van der Waals surface area (Å²) in [4.78, 5) is 11.6. The smallest absolute Gasteiger partial charge is 0.255 e. The summed E-state index contributed by atoms with van der Waals surface area (Å²) in [6.45, 7) is -0.127. The predicted molar refractivity (Wildman–Crippen MR) is 101 cm³/mol. The maximum Gasteiger partial charge on any atom is 0.255 e. The molecular weight excluding hydrogens is 444 g/mol. The molecule has 1 saturated heterocycles. The Hall–Kier alpha value is -2.54. The van der Waals surface area contributed by atoms with Crippen molar-refractivity contribution in [3.63, 3.8) is 0 Å². The summed E-state index contributed by atoms with van der Waals surface area (Å²) in [5, 5.41) is 12.0. The molecule has 1 aliphatic rings. The number of sulfonamides is 1. The van der Waals surface area contributed by atoms with Crippen molar-refractivity contribution in [3.05, 3.63) is 59.2 Å². The summed E-state index contributed by atoms with van der Waals surface area (Å²) in [6, 6.07) is 3.58. The van der Waals surface area contributed by atoms with E-state index in [0.717, 1.165) is 22.5 Å². The number of hydrogen-bond acceptors (Lipinski definition) is 5. The van der Waals surface area contributed by atoms with Crippen LogP contribution >= 0.6 is 0 Å². The van der Waals surface area contributed by atoms with Gasteiger partial charge in [0, 0.05) is 43.1 Å². The molecule has 0 saturated carbocycles. The molecule has 1 fully saturated rings. The van der Waals surface area contributed by atoms with E-state index in [1.54, 1.807) is 0 Å². The van der Waals surface area contributed by atoms with Crippen molar-refractivity contribution in [1.29, 1.82) is 0 Å². The monoisotopic (exact) mass is 462 g/mol. The van der Waals surface area contributed by atoms with Crippen molar-refractivity contribution in [2.75, 3.05) is 31.6 Å². The van der Waals surface area contributed by atoms with Crippen LogP contribution in [0, 0.1) is 23.3 Å². The van der Waals surface area contributed by atoms with E-state index in [0.29, 0.717) is 12.1 Å². The SMILES string of the molecule is O=C(Nc1cc(F)c(F)c(F)c1)c1ccc(F)c(S(=O)(=O)N2CCOCC[C@H](O)C2)c1. The highest BCUT2D eigenvalue weighted by Gasteiger charge is 2.31. The van der Waals surface area contributed by atoms with Crippen LogP contribution in [0.3, 0.4) is 0 Å². The maximum absolute atomic E-state index is 14.4. The number of hydrogen-bond donors (Lipinski definition) is 2. The molecule has 0 unspecified atom stereocenters. The molecule has 2 aromatic carbocycles. The van der Waals surface area contributed by atoms with Crippen LogP contribution < -0.4 is 5.32 Å². The van der Waals surface area contributed by atoms with Crippen LogP contribution in [0.5, 0.6) is 0 Å². The molecule has 0 bridgehead atoms. The van der Waals surface area contributed by atoms with Gasteiger partial charge in [-0.15, -0.1) is 0 Å². The number of aliphatic hydroxyl groups is 1. The van der Waals surface area contributed by atoms with Crippen LogP contribution in [0.15, 0.2) is 35.2 Å². The molecule has 0 spiro atoms. The summed E-state index contributed by atoms with van der Waals surface area (Å²) in [5.41, 5.74) is -0.742. The molecule has 1 atom stereocenters. The minimum atomic E-state index is -4.44. The van der Waals surface area contributed by atoms with Gasteiger partial charge in [0.15, 0.2) is 17.5 Å². The minimum Gasteiger partial charge on any atom is -0.392 e. The number of carbonyl (C=O) groups is 1. The molecule has 0 aliphatic carbocycles. The van der Waals surface area contributed by atoms with Gasteiger partial charge in [-0.05, 0) is 24.6 Å². The van der Waals surface area contributed by atoms with E-state index in [2.05, 4.69) is 5.32 Å². The van der Waals surface area contributed by atoms with Crippen molar-refractivity contribution in [1.82, 2.24) is 4.31 Å². The first-order chi connectivity index (χ1) is 14.6. The van der Waals surface area contributed by atoms with Crippen molar-refractivity contribution in [3.8, 4) is 0 Å². The zero-order valence-electron chi connectivity index (χ0n) is 15.9. The summed E-state index contributed by atoms with van der Waals surface area (Å²) in [5.74, 6) is -6.91. The molecule has 2 N–H and O–H groups in total. The zero-order chi connectivity index (χ0) is 22.8. The molecule has 1 heterocycles. The van der Waals surface area contributed by atoms with Gasteiger partial charge in [-0.25, -0.2) is 26.0 Å². The van der Waals surface area contributed by atoms with Crippen molar-refractivity contribution in [2.45, 2.75) is 17.4 Å². The number of ether oxygens (including phenoxy) is 1. The Morgan fingerprint density at radius 3 is 2.42 bits per heavy atom. The lowest BCUT2D eigenvalue weighted by molar-refractivity contribution is 0.0423. The number of amides is 1. The van der Waals surface area contributed by atoms with E-state index in [4.69, 9.17) is 4.74 Å². The summed E-state index contributed by atoms with van der Waals surface area (Å²) < 4.78 is 86.0. The number of halogens is 4. The number of nitrogens with zero attached hydrogens (tertiary/aromatic N) is 1. The second kappa shape index (κ2) is 9.30. The highest BCUT2D eigenvalue weighted by Crippen LogP contribution is 2.23. The Bertz CT molecular complexity index is 1070. The lowest BCUT2D eigenvalue weighted by Gasteiger charge is -2.27. The molecular formula is C19H18F4N2O5S.